The van der Waals surface area contributed by atoms with E-state index in [-0.39, 0.29) is 0 Å². The molecule has 0 spiro atoms. The first-order valence-electron chi connectivity index (χ1n) is 7.06. The number of hydrogen-bond donors (Lipinski definition) is 1. The third kappa shape index (κ3) is 2.81. The number of thioether (sulfide) groups is 1. The highest BCUT2D eigenvalue weighted by molar-refractivity contribution is 7.99. The molecule has 1 aliphatic carbocycles. The number of nitrogens with one attached hydrogen (secondary N) is 1. The molecule has 1 nitrogen and oxygen atoms in total. The smallest absolute Gasteiger partial charge is 0.0339 e. The molecule has 0 aromatic heterocycles. The predicted molar refractivity (Wildman–Crippen MR) is 79.1 cm³/mol. The second kappa shape index (κ2) is 5.94. The van der Waals surface area contributed by atoms with Gasteiger partial charge in [0.25, 0.3) is 0 Å². The summed E-state index contributed by atoms with van der Waals surface area (Å²) in [7, 11) is 0. The number of allylic oxidation sites excluding steroid dienone is 1. The second-order valence-electron chi connectivity index (χ2n) is 5.19. The summed E-state index contributed by atoms with van der Waals surface area (Å²) in [5, 5.41) is 3.75. The number of benzene rings is 1. The highest BCUT2D eigenvalue weighted by Gasteiger charge is 2.19. The van der Waals surface area contributed by atoms with Gasteiger partial charge in [-0.05, 0) is 56.0 Å². The van der Waals surface area contributed by atoms with E-state index in [4.69, 9.17) is 0 Å². The summed E-state index contributed by atoms with van der Waals surface area (Å²) in [5.41, 5.74) is 3.18. The van der Waals surface area contributed by atoms with Crippen LogP contribution in [0.1, 0.15) is 43.7 Å². The zero-order chi connectivity index (χ0) is 12.2. The standard InChI is InChI=1S/C16H21NS/c1-2-6-13(5-1)9-11-17-15-10-12-18-16-8-4-3-7-14(15)16/h3-5,7-8,15,17H,1-2,6,9-12H2. The van der Waals surface area contributed by atoms with Gasteiger partial charge < -0.3 is 5.32 Å². The topological polar surface area (TPSA) is 12.0 Å². The van der Waals surface area contributed by atoms with Gasteiger partial charge >= 0.3 is 0 Å². The molecule has 1 aliphatic heterocycles. The van der Waals surface area contributed by atoms with E-state index in [1.807, 2.05) is 11.8 Å². The maximum atomic E-state index is 3.75. The molecule has 2 aliphatic rings. The molecular formula is C16H21NS. The maximum absolute atomic E-state index is 3.75. The van der Waals surface area contributed by atoms with Crippen LogP contribution in [0.3, 0.4) is 0 Å². The molecular weight excluding hydrogens is 238 g/mol. The van der Waals surface area contributed by atoms with Crippen molar-refractivity contribution in [3.63, 3.8) is 0 Å². The van der Waals surface area contributed by atoms with Crippen molar-refractivity contribution < 1.29 is 0 Å². The summed E-state index contributed by atoms with van der Waals surface area (Å²) in [6, 6.07) is 9.43. The monoisotopic (exact) mass is 259 g/mol. The van der Waals surface area contributed by atoms with Gasteiger partial charge in [0.15, 0.2) is 0 Å². The highest BCUT2D eigenvalue weighted by atomic mass is 32.2. The second-order valence-corrected chi connectivity index (χ2v) is 6.32. The molecule has 0 saturated carbocycles. The Balaban J connectivity index is 1.57. The van der Waals surface area contributed by atoms with Crippen molar-refractivity contribution in [1.82, 2.24) is 5.32 Å². The van der Waals surface area contributed by atoms with E-state index >= 15 is 0 Å². The average Bonchev–Trinajstić information content (AvgIpc) is 2.92. The molecule has 2 heteroatoms. The third-order valence-corrected chi connectivity index (χ3v) is 5.05. The van der Waals surface area contributed by atoms with E-state index in [0.717, 1.165) is 6.54 Å². The fraction of sp³-hybridized carbons (Fsp3) is 0.500. The van der Waals surface area contributed by atoms with Crippen molar-refractivity contribution in [2.24, 2.45) is 0 Å². The number of fused-ring (bicyclic) bond motifs is 1. The molecule has 1 atom stereocenters. The first-order chi connectivity index (χ1) is 8.93. The largest absolute Gasteiger partial charge is 0.310 e. The van der Waals surface area contributed by atoms with Crippen LogP contribution in [-0.2, 0) is 0 Å². The van der Waals surface area contributed by atoms with Crippen LogP contribution in [-0.4, -0.2) is 12.3 Å². The van der Waals surface area contributed by atoms with E-state index in [1.54, 1.807) is 5.57 Å². The van der Waals surface area contributed by atoms with Crippen molar-refractivity contribution in [3.8, 4) is 0 Å². The van der Waals surface area contributed by atoms with E-state index < -0.39 is 0 Å². The highest BCUT2D eigenvalue weighted by Crippen LogP contribution is 2.35. The van der Waals surface area contributed by atoms with E-state index in [9.17, 15) is 0 Å². The van der Waals surface area contributed by atoms with Gasteiger partial charge in [0, 0.05) is 10.9 Å². The molecule has 96 valence electrons. The Hall–Kier alpha value is -0.730. The minimum Gasteiger partial charge on any atom is -0.310 e. The SMILES string of the molecule is C1=C(CCNC2CCSc3ccccc32)CCC1. The molecule has 0 radical (unpaired) electrons. The van der Waals surface area contributed by atoms with Crippen LogP contribution in [0, 0.1) is 0 Å². The van der Waals surface area contributed by atoms with Gasteiger partial charge in [-0.25, -0.2) is 0 Å². The Kier molecular flexibility index (Phi) is 4.06. The summed E-state index contributed by atoms with van der Waals surface area (Å²) < 4.78 is 0. The van der Waals surface area contributed by atoms with Crippen molar-refractivity contribution in [2.45, 2.75) is 43.0 Å². The lowest BCUT2D eigenvalue weighted by Gasteiger charge is -2.26. The predicted octanol–water partition coefficient (Wildman–Crippen LogP) is 4.31. The average molecular weight is 259 g/mol. The normalized spacial score (nSPS) is 22.7. The molecule has 0 saturated heterocycles. The Morgan fingerprint density at radius 1 is 1.28 bits per heavy atom. The van der Waals surface area contributed by atoms with Gasteiger partial charge in [-0.2, -0.15) is 0 Å². The van der Waals surface area contributed by atoms with Crippen molar-refractivity contribution in [3.05, 3.63) is 41.5 Å². The first-order valence-corrected chi connectivity index (χ1v) is 8.05. The molecule has 1 unspecified atom stereocenters. The third-order valence-electron chi connectivity index (χ3n) is 3.93. The van der Waals surface area contributed by atoms with Crippen LogP contribution >= 0.6 is 11.8 Å². The fourth-order valence-corrected chi connectivity index (χ4v) is 4.05. The Labute approximate surface area is 114 Å². The Morgan fingerprint density at radius 3 is 3.11 bits per heavy atom. The van der Waals surface area contributed by atoms with Crippen LogP contribution < -0.4 is 5.32 Å². The fourth-order valence-electron chi connectivity index (χ4n) is 2.93. The van der Waals surface area contributed by atoms with E-state index in [0.29, 0.717) is 6.04 Å². The van der Waals surface area contributed by atoms with Gasteiger partial charge in [0.05, 0.1) is 0 Å². The molecule has 3 rings (SSSR count). The minimum absolute atomic E-state index is 0.574. The Bertz CT molecular complexity index is 438. The van der Waals surface area contributed by atoms with Crippen molar-refractivity contribution in [2.75, 3.05) is 12.3 Å². The lowest BCUT2D eigenvalue weighted by Crippen LogP contribution is -2.25. The minimum atomic E-state index is 0.574. The van der Waals surface area contributed by atoms with Crippen LogP contribution in [0.4, 0.5) is 0 Å². The molecule has 1 N–H and O–H groups in total. The number of hydrogen-bond acceptors (Lipinski definition) is 2. The summed E-state index contributed by atoms with van der Waals surface area (Å²) in [5.74, 6) is 1.25. The lowest BCUT2D eigenvalue weighted by atomic mass is 10.0. The lowest BCUT2D eigenvalue weighted by molar-refractivity contribution is 0.512. The van der Waals surface area contributed by atoms with Crippen LogP contribution in [0.25, 0.3) is 0 Å². The van der Waals surface area contributed by atoms with Crippen LogP contribution in [0.5, 0.6) is 0 Å². The first kappa shape index (κ1) is 12.3. The molecule has 1 aromatic carbocycles. The summed E-state index contributed by atoms with van der Waals surface area (Å²) in [6.07, 6.45) is 8.95. The van der Waals surface area contributed by atoms with Gasteiger partial charge in [-0.15, -0.1) is 11.8 Å². The van der Waals surface area contributed by atoms with Gasteiger partial charge in [-0.3, -0.25) is 0 Å². The molecule has 0 bridgehead atoms. The van der Waals surface area contributed by atoms with E-state index in [1.165, 1.54) is 48.3 Å². The van der Waals surface area contributed by atoms with Crippen molar-refractivity contribution >= 4 is 11.8 Å². The molecule has 18 heavy (non-hydrogen) atoms. The summed E-state index contributed by atoms with van der Waals surface area (Å²) in [4.78, 5) is 1.47. The van der Waals surface area contributed by atoms with E-state index in [2.05, 4.69) is 35.7 Å². The maximum Gasteiger partial charge on any atom is 0.0339 e. The summed E-state index contributed by atoms with van der Waals surface area (Å²) >= 11 is 2.00. The summed E-state index contributed by atoms with van der Waals surface area (Å²) in [6.45, 7) is 1.13. The van der Waals surface area contributed by atoms with Gasteiger partial charge in [0.1, 0.15) is 0 Å². The van der Waals surface area contributed by atoms with Crippen molar-refractivity contribution in [1.29, 1.82) is 0 Å². The van der Waals surface area contributed by atoms with Crippen LogP contribution in [0.2, 0.25) is 0 Å². The van der Waals surface area contributed by atoms with Crippen LogP contribution in [0.15, 0.2) is 40.8 Å². The molecule has 1 heterocycles. The van der Waals surface area contributed by atoms with Gasteiger partial charge in [0.2, 0.25) is 0 Å². The molecule has 0 amide bonds. The molecule has 0 fully saturated rings. The molecule has 1 aromatic rings. The van der Waals surface area contributed by atoms with Gasteiger partial charge in [-0.1, -0.05) is 29.8 Å². The quantitative estimate of drug-likeness (QED) is 0.808. The number of rotatable bonds is 4. The zero-order valence-corrected chi connectivity index (χ0v) is 11.6. The Morgan fingerprint density at radius 2 is 2.22 bits per heavy atom. The zero-order valence-electron chi connectivity index (χ0n) is 10.8.